The summed E-state index contributed by atoms with van der Waals surface area (Å²) in [4.78, 5) is 0. The quantitative estimate of drug-likeness (QED) is 0.461. The molecule has 0 spiro atoms. The van der Waals surface area contributed by atoms with Crippen molar-refractivity contribution in [2.45, 2.75) is 11.0 Å². The van der Waals surface area contributed by atoms with E-state index in [-0.39, 0.29) is 0 Å². The van der Waals surface area contributed by atoms with E-state index in [2.05, 4.69) is 0 Å². The third kappa shape index (κ3) is 4.50. The SMILES string of the molecule is COc1ccc(OP(=O)(Oc2ccc(OC)cc2)C(C)(Cl)Cl)cc1. The van der Waals surface area contributed by atoms with Crippen molar-refractivity contribution >= 4 is 30.8 Å². The topological polar surface area (TPSA) is 54.0 Å². The minimum absolute atomic E-state index is 0.292. The van der Waals surface area contributed by atoms with Crippen LogP contribution in [0.15, 0.2) is 48.5 Å². The largest absolute Gasteiger partial charge is 0.497 e. The van der Waals surface area contributed by atoms with Crippen LogP contribution in [0.5, 0.6) is 23.0 Å². The maximum atomic E-state index is 13.1. The monoisotopic (exact) mass is 390 g/mol. The normalized spacial score (nSPS) is 11.7. The van der Waals surface area contributed by atoms with E-state index in [9.17, 15) is 4.57 Å². The third-order valence-electron chi connectivity index (χ3n) is 3.05. The highest BCUT2D eigenvalue weighted by Gasteiger charge is 2.48. The summed E-state index contributed by atoms with van der Waals surface area (Å²) in [6, 6.07) is 13.0. The molecule has 0 saturated carbocycles. The van der Waals surface area contributed by atoms with E-state index in [4.69, 9.17) is 41.7 Å². The van der Waals surface area contributed by atoms with Gasteiger partial charge in [-0.15, -0.1) is 0 Å². The van der Waals surface area contributed by atoms with Crippen molar-refractivity contribution < 1.29 is 23.1 Å². The predicted octanol–water partition coefficient (Wildman–Crippen LogP) is 5.51. The summed E-state index contributed by atoms with van der Waals surface area (Å²) < 4.78 is 32.5. The Morgan fingerprint density at radius 2 is 1.04 bits per heavy atom. The Bertz CT molecular complexity index is 657. The Kier molecular flexibility index (Phi) is 5.92. The molecule has 0 heterocycles. The van der Waals surface area contributed by atoms with Crippen molar-refractivity contribution in [2.24, 2.45) is 0 Å². The van der Waals surface area contributed by atoms with Crippen molar-refractivity contribution in [3.05, 3.63) is 48.5 Å². The number of methoxy groups -OCH3 is 2. The van der Waals surface area contributed by atoms with E-state index in [1.165, 1.54) is 6.92 Å². The maximum absolute atomic E-state index is 13.1. The fraction of sp³-hybridized carbons (Fsp3) is 0.250. The first-order valence-corrected chi connectivity index (χ1v) is 9.22. The van der Waals surface area contributed by atoms with Gasteiger partial charge in [-0.1, -0.05) is 23.2 Å². The van der Waals surface area contributed by atoms with E-state index >= 15 is 0 Å². The lowest BCUT2D eigenvalue weighted by Gasteiger charge is -2.26. The zero-order chi connectivity index (χ0) is 17.8. The van der Waals surface area contributed by atoms with Gasteiger partial charge in [0.05, 0.1) is 14.2 Å². The second-order valence-corrected chi connectivity index (χ2v) is 9.36. The van der Waals surface area contributed by atoms with Gasteiger partial charge in [0.1, 0.15) is 23.0 Å². The van der Waals surface area contributed by atoms with Crippen LogP contribution < -0.4 is 18.5 Å². The average molecular weight is 391 g/mol. The van der Waals surface area contributed by atoms with Gasteiger partial charge in [-0.05, 0) is 55.5 Å². The Hall–Kier alpha value is -1.55. The molecule has 0 atom stereocenters. The van der Waals surface area contributed by atoms with Crippen LogP contribution in [0.1, 0.15) is 6.92 Å². The van der Waals surface area contributed by atoms with Gasteiger partial charge >= 0.3 is 7.60 Å². The van der Waals surface area contributed by atoms with Gasteiger partial charge in [0, 0.05) is 0 Å². The van der Waals surface area contributed by atoms with Crippen molar-refractivity contribution in [3.8, 4) is 23.0 Å². The van der Waals surface area contributed by atoms with E-state index in [1.807, 2.05) is 0 Å². The number of halogens is 2. The first-order chi connectivity index (χ1) is 11.3. The van der Waals surface area contributed by atoms with Gasteiger partial charge in [-0.2, -0.15) is 0 Å². The molecule has 0 bridgehead atoms. The van der Waals surface area contributed by atoms with Crippen LogP contribution in [0, 0.1) is 0 Å². The standard InChI is InChI=1S/C16H17Cl2O5P/c1-16(17,18)24(19,22-14-8-4-12(20-2)5-9-14)23-15-10-6-13(21-3)7-11-15/h4-11H,1-3H3. The van der Waals surface area contributed by atoms with Gasteiger partial charge in [-0.25, -0.2) is 4.57 Å². The number of alkyl halides is 2. The summed E-state index contributed by atoms with van der Waals surface area (Å²) >= 11 is 12.1. The Morgan fingerprint density at radius 1 is 0.750 bits per heavy atom. The van der Waals surface area contributed by atoms with Crippen LogP contribution in [0.3, 0.4) is 0 Å². The summed E-state index contributed by atoms with van der Waals surface area (Å²) in [6.45, 7) is 1.35. The summed E-state index contributed by atoms with van der Waals surface area (Å²) in [5, 5.41) is 0. The Morgan fingerprint density at radius 3 is 1.29 bits per heavy atom. The highest BCUT2D eigenvalue weighted by molar-refractivity contribution is 7.60. The fourth-order valence-electron chi connectivity index (χ4n) is 1.73. The van der Waals surface area contributed by atoms with Crippen molar-refractivity contribution in [1.82, 2.24) is 0 Å². The lowest BCUT2D eigenvalue weighted by molar-refractivity contribution is 0.377. The second kappa shape index (κ2) is 7.56. The molecule has 0 aliphatic carbocycles. The summed E-state index contributed by atoms with van der Waals surface area (Å²) in [6.07, 6.45) is 0. The first-order valence-electron chi connectivity index (χ1n) is 6.93. The lowest BCUT2D eigenvalue weighted by atomic mass is 10.3. The van der Waals surface area contributed by atoms with E-state index in [1.54, 1.807) is 62.8 Å². The van der Waals surface area contributed by atoms with E-state index in [0.29, 0.717) is 23.0 Å². The third-order valence-corrected chi connectivity index (χ3v) is 6.16. The molecule has 0 aliphatic rings. The van der Waals surface area contributed by atoms with Gasteiger partial charge in [0.2, 0.25) is 4.07 Å². The van der Waals surface area contributed by atoms with Crippen molar-refractivity contribution in [2.75, 3.05) is 14.2 Å². The van der Waals surface area contributed by atoms with Crippen LogP contribution in [0.2, 0.25) is 0 Å². The Balaban J connectivity index is 2.26. The maximum Gasteiger partial charge on any atom is 0.466 e. The molecule has 2 rings (SSSR count). The van der Waals surface area contributed by atoms with Crippen LogP contribution >= 0.6 is 30.8 Å². The molecule has 0 unspecified atom stereocenters. The number of ether oxygens (including phenoxy) is 2. The zero-order valence-electron chi connectivity index (χ0n) is 13.4. The van der Waals surface area contributed by atoms with E-state index in [0.717, 1.165) is 0 Å². The average Bonchev–Trinajstić information content (AvgIpc) is 2.55. The Labute approximate surface area is 150 Å². The van der Waals surface area contributed by atoms with Crippen LogP contribution in [-0.2, 0) is 4.57 Å². The lowest BCUT2D eigenvalue weighted by Crippen LogP contribution is -2.17. The summed E-state index contributed by atoms with van der Waals surface area (Å²) in [7, 11) is -0.857. The highest BCUT2D eigenvalue weighted by atomic mass is 35.5. The molecule has 2 aromatic rings. The minimum Gasteiger partial charge on any atom is -0.497 e. The molecular weight excluding hydrogens is 374 g/mol. The molecule has 5 nitrogen and oxygen atoms in total. The molecule has 0 saturated heterocycles. The first kappa shape index (κ1) is 18.8. The van der Waals surface area contributed by atoms with Gasteiger partial charge in [0.15, 0.2) is 0 Å². The fourth-order valence-corrected chi connectivity index (χ4v) is 3.30. The second-order valence-electron chi connectivity index (χ2n) is 4.87. The van der Waals surface area contributed by atoms with Crippen molar-refractivity contribution in [1.29, 1.82) is 0 Å². The van der Waals surface area contributed by atoms with Crippen LogP contribution in [0.25, 0.3) is 0 Å². The zero-order valence-corrected chi connectivity index (χ0v) is 15.8. The number of benzene rings is 2. The molecule has 0 aromatic heterocycles. The molecule has 0 N–H and O–H groups in total. The molecule has 130 valence electrons. The number of rotatable bonds is 7. The highest BCUT2D eigenvalue weighted by Crippen LogP contribution is 2.63. The predicted molar refractivity (Wildman–Crippen MR) is 95.0 cm³/mol. The smallest absolute Gasteiger partial charge is 0.466 e. The molecule has 2 aromatic carbocycles. The molecule has 0 amide bonds. The van der Waals surface area contributed by atoms with Crippen molar-refractivity contribution in [3.63, 3.8) is 0 Å². The van der Waals surface area contributed by atoms with E-state index < -0.39 is 11.7 Å². The molecule has 8 heteroatoms. The number of hydrogen-bond donors (Lipinski definition) is 0. The molecule has 0 aliphatic heterocycles. The molecule has 0 fully saturated rings. The molecule has 24 heavy (non-hydrogen) atoms. The van der Waals surface area contributed by atoms with Gasteiger partial charge in [0.25, 0.3) is 0 Å². The van der Waals surface area contributed by atoms with Gasteiger partial charge in [-0.3, -0.25) is 0 Å². The minimum atomic E-state index is -3.94. The summed E-state index contributed by atoms with van der Waals surface area (Å²) in [5.41, 5.74) is 0. The summed E-state index contributed by atoms with van der Waals surface area (Å²) in [5.74, 6) is 1.85. The van der Waals surface area contributed by atoms with Gasteiger partial charge < -0.3 is 18.5 Å². The van der Waals surface area contributed by atoms with Crippen LogP contribution in [0.4, 0.5) is 0 Å². The number of hydrogen-bond acceptors (Lipinski definition) is 5. The van der Waals surface area contributed by atoms with Crippen LogP contribution in [-0.4, -0.2) is 18.3 Å². The molecule has 0 radical (unpaired) electrons. The molecular formula is C16H17Cl2O5P.